The van der Waals surface area contributed by atoms with Crippen LogP contribution in [0.25, 0.3) is 0 Å². The van der Waals surface area contributed by atoms with E-state index in [4.69, 9.17) is 0 Å². The van der Waals surface area contributed by atoms with E-state index in [1.54, 1.807) is 12.4 Å². The highest BCUT2D eigenvalue weighted by Crippen LogP contribution is 2.27. The van der Waals surface area contributed by atoms with Gasteiger partial charge in [-0.05, 0) is 49.9 Å². The molecule has 2 fully saturated rings. The molecule has 0 N–H and O–H groups in total. The lowest BCUT2D eigenvalue weighted by molar-refractivity contribution is 0.0706. The van der Waals surface area contributed by atoms with E-state index >= 15 is 0 Å². The van der Waals surface area contributed by atoms with Crippen molar-refractivity contribution in [2.75, 3.05) is 31.1 Å². The van der Waals surface area contributed by atoms with E-state index in [9.17, 15) is 4.79 Å². The minimum Gasteiger partial charge on any atom is -0.372 e. The molecule has 2 aliphatic heterocycles. The Balaban J connectivity index is 1.44. The van der Waals surface area contributed by atoms with E-state index in [2.05, 4.69) is 27.0 Å². The summed E-state index contributed by atoms with van der Waals surface area (Å²) in [6.45, 7) is 3.80. The Hall–Kier alpha value is -2.43. The Morgan fingerprint density at radius 2 is 1.80 bits per heavy atom. The number of likely N-dealkylation sites (tertiary alicyclic amines) is 1. The SMILES string of the molecule is O=C(c1ccc(N2CCCC2)cc1)N1CCC[C@@H](c2cnccn2)C1. The van der Waals surface area contributed by atoms with Crippen LogP contribution in [0, 0.1) is 0 Å². The van der Waals surface area contributed by atoms with Crippen LogP contribution in [0.2, 0.25) is 0 Å². The highest BCUT2D eigenvalue weighted by Gasteiger charge is 2.26. The smallest absolute Gasteiger partial charge is 0.253 e. The molecule has 0 bridgehead atoms. The maximum absolute atomic E-state index is 12.9. The Morgan fingerprint density at radius 1 is 1.00 bits per heavy atom. The summed E-state index contributed by atoms with van der Waals surface area (Å²) in [5.74, 6) is 0.414. The number of carbonyl (C=O) groups excluding carboxylic acids is 1. The summed E-state index contributed by atoms with van der Waals surface area (Å²) in [6, 6.07) is 8.12. The van der Waals surface area contributed by atoms with Gasteiger partial charge in [0.2, 0.25) is 0 Å². The fraction of sp³-hybridized carbons (Fsp3) is 0.450. The first kappa shape index (κ1) is 16.1. The third kappa shape index (κ3) is 3.50. The van der Waals surface area contributed by atoms with Gasteiger partial charge in [-0.3, -0.25) is 14.8 Å². The normalized spacial score (nSPS) is 20.7. The molecule has 0 radical (unpaired) electrons. The molecule has 1 atom stereocenters. The topological polar surface area (TPSA) is 49.3 Å². The molecule has 5 heteroatoms. The molecule has 5 nitrogen and oxygen atoms in total. The van der Waals surface area contributed by atoms with Crippen molar-refractivity contribution in [1.82, 2.24) is 14.9 Å². The molecular weight excluding hydrogens is 312 g/mol. The van der Waals surface area contributed by atoms with Crippen molar-refractivity contribution in [3.63, 3.8) is 0 Å². The van der Waals surface area contributed by atoms with Crippen LogP contribution in [-0.4, -0.2) is 47.0 Å². The van der Waals surface area contributed by atoms with Gasteiger partial charge in [-0.1, -0.05) is 0 Å². The monoisotopic (exact) mass is 336 g/mol. The summed E-state index contributed by atoms with van der Waals surface area (Å²) in [6.07, 6.45) is 9.85. The highest BCUT2D eigenvalue weighted by atomic mass is 16.2. The highest BCUT2D eigenvalue weighted by molar-refractivity contribution is 5.94. The molecule has 0 saturated carbocycles. The molecule has 1 aromatic heterocycles. The fourth-order valence-electron chi connectivity index (χ4n) is 3.90. The third-order valence-corrected chi connectivity index (χ3v) is 5.30. The molecule has 0 unspecified atom stereocenters. The molecule has 2 saturated heterocycles. The van der Waals surface area contributed by atoms with Gasteiger partial charge in [0.15, 0.2) is 0 Å². The first-order valence-electron chi connectivity index (χ1n) is 9.21. The first-order valence-corrected chi connectivity index (χ1v) is 9.21. The molecule has 0 aliphatic carbocycles. The number of amides is 1. The molecule has 4 rings (SSSR count). The van der Waals surface area contributed by atoms with E-state index in [1.807, 2.05) is 23.2 Å². The number of hydrogen-bond donors (Lipinski definition) is 0. The van der Waals surface area contributed by atoms with Gasteiger partial charge in [0, 0.05) is 61.9 Å². The van der Waals surface area contributed by atoms with E-state index in [-0.39, 0.29) is 11.8 Å². The van der Waals surface area contributed by atoms with E-state index in [1.165, 1.54) is 18.5 Å². The zero-order valence-corrected chi connectivity index (χ0v) is 14.5. The second-order valence-electron chi connectivity index (χ2n) is 6.96. The van der Waals surface area contributed by atoms with Crippen LogP contribution in [0.5, 0.6) is 0 Å². The summed E-state index contributed by atoms with van der Waals surface area (Å²) in [5, 5.41) is 0. The lowest BCUT2D eigenvalue weighted by Gasteiger charge is -2.32. The largest absolute Gasteiger partial charge is 0.372 e. The number of hydrogen-bond acceptors (Lipinski definition) is 4. The van der Waals surface area contributed by atoms with Crippen molar-refractivity contribution in [3.05, 3.63) is 54.1 Å². The van der Waals surface area contributed by atoms with Gasteiger partial charge in [0.25, 0.3) is 5.91 Å². The molecule has 1 amide bonds. The zero-order valence-electron chi connectivity index (χ0n) is 14.5. The number of anilines is 1. The average Bonchev–Trinajstić information content (AvgIpc) is 3.23. The Morgan fingerprint density at radius 3 is 2.52 bits per heavy atom. The average molecular weight is 336 g/mol. The van der Waals surface area contributed by atoms with Crippen molar-refractivity contribution < 1.29 is 4.79 Å². The van der Waals surface area contributed by atoms with E-state index in [0.29, 0.717) is 0 Å². The van der Waals surface area contributed by atoms with Crippen LogP contribution in [-0.2, 0) is 0 Å². The number of piperidine rings is 1. The molecule has 0 spiro atoms. The number of rotatable bonds is 3. The summed E-state index contributed by atoms with van der Waals surface area (Å²) in [5.41, 5.74) is 3.00. The number of benzene rings is 1. The van der Waals surface area contributed by atoms with Crippen LogP contribution in [0.3, 0.4) is 0 Å². The first-order chi connectivity index (χ1) is 12.3. The number of aromatic nitrogens is 2. The summed E-state index contributed by atoms with van der Waals surface area (Å²) >= 11 is 0. The quantitative estimate of drug-likeness (QED) is 0.864. The van der Waals surface area contributed by atoms with Gasteiger partial charge in [-0.25, -0.2) is 0 Å². The molecule has 2 aliphatic rings. The summed E-state index contributed by atoms with van der Waals surface area (Å²) in [4.78, 5) is 25.8. The number of nitrogens with zero attached hydrogens (tertiary/aromatic N) is 4. The maximum Gasteiger partial charge on any atom is 0.253 e. The lowest BCUT2D eigenvalue weighted by atomic mass is 9.94. The van der Waals surface area contributed by atoms with E-state index in [0.717, 1.165) is 50.3 Å². The van der Waals surface area contributed by atoms with Crippen molar-refractivity contribution >= 4 is 11.6 Å². The van der Waals surface area contributed by atoms with Gasteiger partial charge < -0.3 is 9.80 Å². The molecule has 25 heavy (non-hydrogen) atoms. The third-order valence-electron chi connectivity index (χ3n) is 5.30. The van der Waals surface area contributed by atoms with Gasteiger partial charge in [-0.2, -0.15) is 0 Å². The fourth-order valence-corrected chi connectivity index (χ4v) is 3.90. The van der Waals surface area contributed by atoms with Crippen LogP contribution in [0.1, 0.15) is 47.7 Å². The molecule has 3 heterocycles. The summed E-state index contributed by atoms with van der Waals surface area (Å²) in [7, 11) is 0. The van der Waals surface area contributed by atoms with Crippen LogP contribution >= 0.6 is 0 Å². The Labute approximate surface area is 148 Å². The second-order valence-corrected chi connectivity index (χ2v) is 6.96. The predicted molar refractivity (Wildman–Crippen MR) is 97.8 cm³/mol. The van der Waals surface area contributed by atoms with Gasteiger partial charge in [-0.15, -0.1) is 0 Å². The minimum atomic E-state index is 0.126. The van der Waals surface area contributed by atoms with Crippen molar-refractivity contribution in [2.24, 2.45) is 0 Å². The standard InChI is InChI=1S/C20H24N4O/c25-20(16-5-7-18(8-6-16)23-11-1-2-12-23)24-13-3-4-17(15-24)19-14-21-9-10-22-19/h5-10,14,17H,1-4,11-13,15H2/t17-/m1/s1. The molecule has 130 valence electrons. The van der Waals surface area contributed by atoms with E-state index < -0.39 is 0 Å². The Kier molecular flexibility index (Phi) is 4.63. The van der Waals surface area contributed by atoms with Crippen molar-refractivity contribution in [2.45, 2.75) is 31.6 Å². The number of carbonyl (C=O) groups is 1. The lowest BCUT2D eigenvalue weighted by Crippen LogP contribution is -2.39. The predicted octanol–water partition coefficient (Wildman–Crippen LogP) is 3.10. The molecule has 2 aromatic rings. The van der Waals surface area contributed by atoms with Gasteiger partial charge >= 0.3 is 0 Å². The van der Waals surface area contributed by atoms with Crippen LogP contribution < -0.4 is 4.90 Å². The molecule has 1 aromatic carbocycles. The Bertz CT molecular complexity index is 710. The second kappa shape index (κ2) is 7.21. The van der Waals surface area contributed by atoms with Crippen molar-refractivity contribution in [3.8, 4) is 0 Å². The zero-order chi connectivity index (χ0) is 17.1. The van der Waals surface area contributed by atoms with Crippen molar-refractivity contribution in [1.29, 1.82) is 0 Å². The summed E-state index contributed by atoms with van der Waals surface area (Å²) < 4.78 is 0. The van der Waals surface area contributed by atoms with Gasteiger partial charge in [0.05, 0.1) is 5.69 Å². The van der Waals surface area contributed by atoms with Gasteiger partial charge in [0.1, 0.15) is 0 Å². The molecular formula is C20H24N4O. The minimum absolute atomic E-state index is 0.126. The van der Waals surface area contributed by atoms with Crippen LogP contribution in [0.15, 0.2) is 42.9 Å². The maximum atomic E-state index is 12.9. The van der Waals surface area contributed by atoms with Crippen LogP contribution in [0.4, 0.5) is 5.69 Å².